The number of hydrogen-bond donors (Lipinski definition) is 1. The molecule has 0 aliphatic rings. The van der Waals surface area contributed by atoms with E-state index in [1.165, 1.54) is 22.9 Å². The van der Waals surface area contributed by atoms with Crippen LogP contribution in [0.2, 0.25) is 0 Å². The highest BCUT2D eigenvalue weighted by Gasteiger charge is 2.20. The number of aromatic nitrogens is 3. The molecule has 1 aromatic carbocycles. The monoisotopic (exact) mass is 312 g/mol. The Labute approximate surface area is 120 Å². The van der Waals surface area contributed by atoms with Crippen LogP contribution in [0.5, 0.6) is 0 Å². The third-order valence-corrected chi connectivity index (χ3v) is 3.11. The fourth-order valence-corrected chi connectivity index (χ4v) is 2.13. The minimum Gasteiger partial charge on any atom is -0.264 e. The number of benzene rings is 1. The number of amides is 1. The average molecular weight is 312 g/mol. The number of hydrogen-bond acceptors (Lipinski definition) is 5. The molecule has 0 unspecified atom stereocenters. The maximum absolute atomic E-state index is 13.8. The maximum Gasteiger partial charge on any atom is 0.304 e. The molecule has 1 heterocycles. The standard InChI is InChI=1S/C12H13FN4O3S/c1-3-10-14-11(12(18)16-21(2,19)20)15-17(10)9-7-5-4-6-8(9)13/h4-7H,3H2,1-2H3,(H,16,18). The molecular formula is C12H13FN4O3S. The van der Waals surface area contributed by atoms with Gasteiger partial charge in [0, 0.05) is 6.42 Å². The van der Waals surface area contributed by atoms with Crippen LogP contribution >= 0.6 is 0 Å². The summed E-state index contributed by atoms with van der Waals surface area (Å²) < 4.78 is 38.8. The Morgan fingerprint density at radius 3 is 2.62 bits per heavy atom. The summed E-state index contributed by atoms with van der Waals surface area (Å²) in [6.45, 7) is 1.76. The van der Waals surface area contributed by atoms with Gasteiger partial charge in [-0.25, -0.2) is 27.2 Å². The highest BCUT2D eigenvalue weighted by atomic mass is 32.2. The quantitative estimate of drug-likeness (QED) is 0.895. The second-order valence-corrected chi connectivity index (χ2v) is 6.02. The van der Waals surface area contributed by atoms with Crippen LogP contribution in [0, 0.1) is 5.82 Å². The Hall–Kier alpha value is -2.29. The van der Waals surface area contributed by atoms with Crippen molar-refractivity contribution in [1.29, 1.82) is 0 Å². The lowest BCUT2D eigenvalue weighted by atomic mass is 10.3. The van der Waals surface area contributed by atoms with Gasteiger partial charge in [-0.2, -0.15) is 0 Å². The van der Waals surface area contributed by atoms with Crippen molar-refractivity contribution in [3.63, 3.8) is 0 Å². The Morgan fingerprint density at radius 1 is 1.38 bits per heavy atom. The number of halogens is 1. The van der Waals surface area contributed by atoms with Crippen LogP contribution in [-0.4, -0.2) is 35.3 Å². The third-order valence-electron chi connectivity index (χ3n) is 2.55. The fourth-order valence-electron chi connectivity index (χ4n) is 1.70. The number of rotatable bonds is 4. The Bertz CT molecular complexity index is 786. The van der Waals surface area contributed by atoms with E-state index in [4.69, 9.17) is 0 Å². The van der Waals surface area contributed by atoms with E-state index in [0.29, 0.717) is 12.2 Å². The number of nitrogens with zero attached hydrogens (tertiary/aromatic N) is 3. The number of nitrogens with one attached hydrogen (secondary N) is 1. The highest BCUT2D eigenvalue weighted by molar-refractivity contribution is 7.89. The predicted molar refractivity (Wildman–Crippen MR) is 73.0 cm³/mol. The van der Waals surface area contributed by atoms with Crippen LogP contribution in [0.1, 0.15) is 23.4 Å². The molecule has 0 saturated carbocycles. The van der Waals surface area contributed by atoms with Crippen LogP contribution in [0.25, 0.3) is 5.69 Å². The molecule has 2 rings (SSSR count). The van der Waals surface area contributed by atoms with Crippen molar-refractivity contribution in [3.8, 4) is 5.69 Å². The predicted octanol–water partition coefficient (Wildman–Crippen LogP) is 0.658. The van der Waals surface area contributed by atoms with E-state index in [9.17, 15) is 17.6 Å². The van der Waals surface area contributed by atoms with Crippen LogP contribution in [0.15, 0.2) is 24.3 Å². The minimum absolute atomic E-state index is 0.139. The van der Waals surface area contributed by atoms with Crippen molar-refractivity contribution in [1.82, 2.24) is 19.5 Å². The van der Waals surface area contributed by atoms with Gasteiger partial charge in [-0.1, -0.05) is 19.1 Å². The summed E-state index contributed by atoms with van der Waals surface area (Å²) in [7, 11) is -3.72. The number of aryl methyl sites for hydroxylation is 1. The summed E-state index contributed by atoms with van der Waals surface area (Å²) in [5, 5.41) is 3.89. The molecule has 21 heavy (non-hydrogen) atoms. The molecule has 1 amide bonds. The zero-order valence-corrected chi connectivity index (χ0v) is 12.2. The number of carbonyl (C=O) groups is 1. The molecule has 0 radical (unpaired) electrons. The first-order valence-electron chi connectivity index (χ1n) is 6.04. The fraction of sp³-hybridized carbons (Fsp3) is 0.250. The SMILES string of the molecule is CCc1nc(C(=O)NS(C)(=O)=O)nn1-c1ccccc1F. The number of carbonyl (C=O) groups excluding carboxylic acids is 1. The van der Waals surface area contributed by atoms with Crippen LogP contribution in [0.3, 0.4) is 0 Å². The molecule has 0 aliphatic carbocycles. The molecule has 1 aromatic heterocycles. The van der Waals surface area contributed by atoms with Gasteiger partial charge in [0.2, 0.25) is 15.8 Å². The first kappa shape index (κ1) is 15.1. The highest BCUT2D eigenvalue weighted by Crippen LogP contribution is 2.14. The number of para-hydroxylation sites is 1. The van der Waals surface area contributed by atoms with Gasteiger partial charge in [0.25, 0.3) is 0 Å². The van der Waals surface area contributed by atoms with Crippen molar-refractivity contribution >= 4 is 15.9 Å². The summed E-state index contributed by atoms with van der Waals surface area (Å²) in [6.07, 6.45) is 1.24. The average Bonchev–Trinajstić information content (AvgIpc) is 2.81. The van der Waals surface area contributed by atoms with E-state index in [-0.39, 0.29) is 11.5 Å². The molecule has 0 spiro atoms. The van der Waals surface area contributed by atoms with E-state index in [2.05, 4.69) is 10.1 Å². The van der Waals surface area contributed by atoms with Gasteiger partial charge in [-0.3, -0.25) is 4.79 Å². The van der Waals surface area contributed by atoms with Gasteiger partial charge in [0.15, 0.2) is 0 Å². The molecule has 9 heteroatoms. The second-order valence-electron chi connectivity index (χ2n) is 4.27. The first-order chi connectivity index (χ1) is 9.81. The van der Waals surface area contributed by atoms with Gasteiger partial charge in [-0.05, 0) is 12.1 Å². The Kier molecular flexibility index (Phi) is 4.03. The smallest absolute Gasteiger partial charge is 0.264 e. The third kappa shape index (κ3) is 3.43. The van der Waals surface area contributed by atoms with E-state index in [1.54, 1.807) is 17.7 Å². The molecule has 2 aromatic rings. The first-order valence-corrected chi connectivity index (χ1v) is 7.94. The summed E-state index contributed by atoms with van der Waals surface area (Å²) in [4.78, 5) is 15.7. The van der Waals surface area contributed by atoms with Crippen LogP contribution in [-0.2, 0) is 16.4 Å². The molecule has 0 atom stereocenters. The van der Waals surface area contributed by atoms with E-state index in [0.717, 1.165) is 6.26 Å². The second kappa shape index (κ2) is 5.60. The molecule has 1 N–H and O–H groups in total. The van der Waals surface area contributed by atoms with Gasteiger partial charge >= 0.3 is 5.91 Å². The molecular weight excluding hydrogens is 299 g/mol. The summed E-state index contributed by atoms with van der Waals surface area (Å²) in [5.74, 6) is -1.46. The number of sulfonamides is 1. The summed E-state index contributed by atoms with van der Waals surface area (Å²) in [5.41, 5.74) is 0.139. The van der Waals surface area contributed by atoms with Gasteiger partial charge in [-0.15, -0.1) is 5.10 Å². The Morgan fingerprint density at radius 2 is 2.05 bits per heavy atom. The zero-order chi connectivity index (χ0) is 15.6. The molecule has 0 fully saturated rings. The molecule has 0 saturated heterocycles. The molecule has 0 aliphatic heterocycles. The molecule has 0 bridgehead atoms. The lowest BCUT2D eigenvalue weighted by Gasteiger charge is -2.04. The van der Waals surface area contributed by atoms with Gasteiger partial charge in [0.05, 0.1) is 6.26 Å². The largest absolute Gasteiger partial charge is 0.304 e. The van der Waals surface area contributed by atoms with Crippen LogP contribution < -0.4 is 4.72 Å². The van der Waals surface area contributed by atoms with Crippen molar-refractivity contribution in [2.24, 2.45) is 0 Å². The van der Waals surface area contributed by atoms with E-state index >= 15 is 0 Å². The zero-order valence-electron chi connectivity index (χ0n) is 11.4. The van der Waals surface area contributed by atoms with Crippen molar-refractivity contribution in [2.75, 3.05) is 6.26 Å². The summed E-state index contributed by atoms with van der Waals surface area (Å²) in [6, 6.07) is 5.89. The molecule has 7 nitrogen and oxygen atoms in total. The topological polar surface area (TPSA) is 93.9 Å². The van der Waals surface area contributed by atoms with Crippen molar-refractivity contribution in [2.45, 2.75) is 13.3 Å². The van der Waals surface area contributed by atoms with Crippen LogP contribution in [0.4, 0.5) is 4.39 Å². The van der Waals surface area contributed by atoms with Gasteiger partial charge < -0.3 is 0 Å². The Balaban J connectivity index is 2.46. The lowest BCUT2D eigenvalue weighted by Crippen LogP contribution is -2.30. The van der Waals surface area contributed by atoms with E-state index < -0.39 is 21.7 Å². The lowest BCUT2D eigenvalue weighted by molar-refractivity contribution is 0.0971. The van der Waals surface area contributed by atoms with Crippen molar-refractivity contribution in [3.05, 3.63) is 41.7 Å². The maximum atomic E-state index is 13.8. The molecule has 112 valence electrons. The minimum atomic E-state index is -3.72. The summed E-state index contributed by atoms with van der Waals surface area (Å²) >= 11 is 0. The van der Waals surface area contributed by atoms with E-state index in [1.807, 2.05) is 0 Å². The van der Waals surface area contributed by atoms with Crippen molar-refractivity contribution < 1.29 is 17.6 Å². The normalized spacial score (nSPS) is 11.4. The van der Waals surface area contributed by atoms with Gasteiger partial charge in [0.1, 0.15) is 17.3 Å².